The predicted molar refractivity (Wildman–Crippen MR) is 105 cm³/mol. The second kappa shape index (κ2) is 6.89. The number of nitrogens with one attached hydrogen (secondary N) is 2. The summed E-state index contributed by atoms with van der Waals surface area (Å²) < 4.78 is 15.7. The van der Waals surface area contributed by atoms with Gasteiger partial charge in [-0.25, -0.2) is 9.37 Å². The van der Waals surface area contributed by atoms with Gasteiger partial charge in [0.05, 0.1) is 22.6 Å². The van der Waals surface area contributed by atoms with Gasteiger partial charge in [0, 0.05) is 12.6 Å². The van der Waals surface area contributed by atoms with Crippen molar-refractivity contribution < 1.29 is 4.39 Å². The van der Waals surface area contributed by atoms with Gasteiger partial charge in [-0.2, -0.15) is 0 Å². The van der Waals surface area contributed by atoms with Gasteiger partial charge in [0.15, 0.2) is 0 Å². The van der Waals surface area contributed by atoms with Gasteiger partial charge in [-0.3, -0.25) is 0 Å². The molecule has 26 heavy (non-hydrogen) atoms. The summed E-state index contributed by atoms with van der Waals surface area (Å²) in [6.45, 7) is 6.74. The van der Waals surface area contributed by atoms with E-state index >= 15 is 0 Å². The van der Waals surface area contributed by atoms with Crippen LogP contribution in [0.4, 0.5) is 10.3 Å². The van der Waals surface area contributed by atoms with Gasteiger partial charge in [-0.15, -0.1) is 0 Å². The number of benzene rings is 2. The van der Waals surface area contributed by atoms with E-state index in [2.05, 4.69) is 41.2 Å². The molecule has 1 aliphatic rings. The van der Waals surface area contributed by atoms with Crippen LogP contribution in [-0.2, 0) is 6.54 Å². The van der Waals surface area contributed by atoms with E-state index in [4.69, 9.17) is 16.6 Å². The van der Waals surface area contributed by atoms with E-state index in [1.165, 1.54) is 17.2 Å². The average Bonchev–Trinajstić information content (AvgIpc) is 3.21. The first-order valence-electron chi connectivity index (χ1n) is 8.90. The summed E-state index contributed by atoms with van der Waals surface area (Å²) in [6.07, 6.45) is 1.07. The molecule has 0 spiro atoms. The van der Waals surface area contributed by atoms with Gasteiger partial charge in [-0.05, 0) is 67.8 Å². The lowest BCUT2D eigenvalue weighted by Gasteiger charge is -2.15. The molecule has 1 fully saturated rings. The molecule has 136 valence electrons. The smallest absolute Gasteiger partial charge is 0.204 e. The number of aryl methyl sites for hydroxylation is 2. The number of aromatic nitrogens is 2. The van der Waals surface area contributed by atoms with Crippen LogP contribution in [0, 0.1) is 19.7 Å². The zero-order valence-electron chi connectivity index (χ0n) is 14.9. The minimum absolute atomic E-state index is 0.147. The Hall–Kier alpha value is -2.11. The van der Waals surface area contributed by atoms with Crippen LogP contribution in [0.3, 0.4) is 0 Å². The molecule has 0 bridgehead atoms. The van der Waals surface area contributed by atoms with Crippen LogP contribution < -0.4 is 10.6 Å². The first kappa shape index (κ1) is 17.3. The summed E-state index contributed by atoms with van der Waals surface area (Å²) in [7, 11) is 0. The van der Waals surface area contributed by atoms with E-state index in [0.717, 1.165) is 42.1 Å². The molecular formula is C20H22ClFN4. The first-order valence-corrected chi connectivity index (χ1v) is 9.28. The Labute approximate surface area is 157 Å². The maximum Gasteiger partial charge on any atom is 0.204 e. The molecule has 1 atom stereocenters. The maximum atomic E-state index is 13.5. The Balaban J connectivity index is 1.77. The standard InChI is InChI=1S/C20H22ClFN4/c1-12-7-18-19(8-13(12)2)26(11-14-3-4-17(22)16(21)9-14)20(25-18)24-15-5-6-23-10-15/h3-4,7-9,15,23H,5-6,10-11H2,1-2H3,(H,24,25). The normalized spacial score (nSPS) is 17.2. The molecule has 2 aromatic carbocycles. The number of nitrogens with zero attached hydrogens (tertiary/aromatic N) is 2. The summed E-state index contributed by atoms with van der Waals surface area (Å²) in [6, 6.07) is 9.53. The highest BCUT2D eigenvalue weighted by Crippen LogP contribution is 2.26. The SMILES string of the molecule is Cc1cc2nc(NC3CCNC3)n(Cc3ccc(F)c(Cl)c3)c2cc1C. The molecule has 0 amide bonds. The number of hydrogen-bond donors (Lipinski definition) is 2. The van der Waals surface area contributed by atoms with Crippen LogP contribution in [-0.4, -0.2) is 28.7 Å². The van der Waals surface area contributed by atoms with E-state index in [-0.39, 0.29) is 5.02 Å². The third kappa shape index (κ3) is 3.29. The Morgan fingerprint density at radius 3 is 2.81 bits per heavy atom. The lowest BCUT2D eigenvalue weighted by Crippen LogP contribution is -2.24. The fraction of sp³-hybridized carbons (Fsp3) is 0.350. The molecule has 1 aromatic heterocycles. The number of rotatable bonds is 4. The van der Waals surface area contributed by atoms with Crippen LogP contribution in [0.1, 0.15) is 23.1 Å². The van der Waals surface area contributed by atoms with Gasteiger partial charge in [0.2, 0.25) is 5.95 Å². The molecule has 6 heteroatoms. The Bertz CT molecular complexity index is 960. The maximum absolute atomic E-state index is 13.5. The third-order valence-electron chi connectivity index (χ3n) is 5.08. The molecule has 1 unspecified atom stereocenters. The van der Waals surface area contributed by atoms with Crippen molar-refractivity contribution in [2.24, 2.45) is 0 Å². The highest BCUT2D eigenvalue weighted by molar-refractivity contribution is 6.30. The summed E-state index contributed by atoms with van der Waals surface area (Å²) in [5.41, 5.74) is 5.43. The Morgan fingerprint density at radius 2 is 2.08 bits per heavy atom. The van der Waals surface area contributed by atoms with Crippen molar-refractivity contribution in [3.63, 3.8) is 0 Å². The van der Waals surface area contributed by atoms with E-state index < -0.39 is 5.82 Å². The fourth-order valence-electron chi connectivity index (χ4n) is 3.43. The van der Waals surface area contributed by atoms with E-state index in [1.54, 1.807) is 12.1 Å². The van der Waals surface area contributed by atoms with Crippen LogP contribution in [0.5, 0.6) is 0 Å². The molecule has 2 heterocycles. The summed E-state index contributed by atoms with van der Waals surface area (Å²) >= 11 is 5.97. The molecule has 0 saturated carbocycles. The van der Waals surface area contributed by atoms with Gasteiger partial charge in [0.25, 0.3) is 0 Å². The monoisotopic (exact) mass is 372 g/mol. The molecule has 4 rings (SSSR count). The van der Waals surface area contributed by atoms with Crippen molar-refractivity contribution >= 4 is 28.6 Å². The van der Waals surface area contributed by atoms with Crippen molar-refractivity contribution in [1.82, 2.24) is 14.9 Å². The van der Waals surface area contributed by atoms with E-state index in [9.17, 15) is 4.39 Å². The van der Waals surface area contributed by atoms with Gasteiger partial charge in [0.1, 0.15) is 5.82 Å². The lowest BCUT2D eigenvalue weighted by atomic mass is 10.1. The highest BCUT2D eigenvalue weighted by Gasteiger charge is 2.19. The summed E-state index contributed by atoms with van der Waals surface area (Å²) in [5, 5.41) is 7.08. The lowest BCUT2D eigenvalue weighted by molar-refractivity contribution is 0.627. The minimum Gasteiger partial charge on any atom is -0.352 e. The largest absolute Gasteiger partial charge is 0.352 e. The average molecular weight is 373 g/mol. The van der Waals surface area contributed by atoms with Crippen LogP contribution in [0.2, 0.25) is 5.02 Å². The van der Waals surface area contributed by atoms with Crippen LogP contribution in [0.25, 0.3) is 11.0 Å². The van der Waals surface area contributed by atoms with Gasteiger partial charge in [-0.1, -0.05) is 17.7 Å². The Morgan fingerprint density at radius 1 is 1.27 bits per heavy atom. The second-order valence-corrected chi connectivity index (χ2v) is 7.44. The third-order valence-corrected chi connectivity index (χ3v) is 5.37. The predicted octanol–water partition coefficient (Wildman–Crippen LogP) is 4.27. The number of fused-ring (bicyclic) bond motifs is 1. The van der Waals surface area contributed by atoms with Gasteiger partial charge >= 0.3 is 0 Å². The van der Waals surface area contributed by atoms with Crippen molar-refractivity contribution in [2.75, 3.05) is 18.4 Å². The number of hydrogen-bond acceptors (Lipinski definition) is 3. The zero-order chi connectivity index (χ0) is 18.3. The van der Waals surface area contributed by atoms with Crippen molar-refractivity contribution in [3.05, 3.63) is 57.9 Å². The molecule has 0 aliphatic carbocycles. The molecule has 3 aromatic rings. The van der Waals surface area contributed by atoms with Crippen molar-refractivity contribution in [3.8, 4) is 0 Å². The second-order valence-electron chi connectivity index (χ2n) is 7.03. The fourth-order valence-corrected chi connectivity index (χ4v) is 3.63. The molecule has 1 aliphatic heterocycles. The van der Waals surface area contributed by atoms with Crippen molar-refractivity contribution in [2.45, 2.75) is 32.9 Å². The summed E-state index contributed by atoms with van der Waals surface area (Å²) in [4.78, 5) is 4.83. The van der Waals surface area contributed by atoms with Gasteiger partial charge < -0.3 is 15.2 Å². The first-order chi connectivity index (χ1) is 12.5. The quantitative estimate of drug-likeness (QED) is 0.718. The highest BCUT2D eigenvalue weighted by atomic mass is 35.5. The van der Waals surface area contributed by atoms with Crippen molar-refractivity contribution in [1.29, 1.82) is 0 Å². The minimum atomic E-state index is -0.396. The zero-order valence-corrected chi connectivity index (χ0v) is 15.7. The van der Waals surface area contributed by atoms with E-state index in [0.29, 0.717) is 12.6 Å². The molecular weight excluding hydrogens is 351 g/mol. The van der Waals surface area contributed by atoms with Crippen LogP contribution in [0.15, 0.2) is 30.3 Å². The summed E-state index contributed by atoms with van der Waals surface area (Å²) in [5.74, 6) is 0.451. The molecule has 1 saturated heterocycles. The van der Waals surface area contributed by atoms with Crippen LogP contribution >= 0.6 is 11.6 Å². The number of imidazole rings is 1. The molecule has 0 radical (unpaired) electrons. The number of anilines is 1. The molecule has 4 nitrogen and oxygen atoms in total. The molecule has 2 N–H and O–H groups in total. The number of halogens is 2. The van der Waals surface area contributed by atoms with E-state index in [1.807, 2.05) is 0 Å². The topological polar surface area (TPSA) is 41.9 Å². The Kier molecular flexibility index (Phi) is 4.59.